The summed E-state index contributed by atoms with van der Waals surface area (Å²) in [6, 6.07) is 20.8. The van der Waals surface area contributed by atoms with Gasteiger partial charge < -0.3 is 5.32 Å². The fraction of sp³-hybridized carbons (Fsp3) is 0.259. The molecule has 1 fully saturated rings. The van der Waals surface area contributed by atoms with Crippen molar-refractivity contribution in [2.75, 3.05) is 31.5 Å². The first-order valence-electron chi connectivity index (χ1n) is 11.9. The molecule has 1 aliphatic heterocycles. The van der Waals surface area contributed by atoms with Crippen molar-refractivity contribution < 1.29 is 12.8 Å². The maximum absolute atomic E-state index is 13.3. The zero-order valence-electron chi connectivity index (χ0n) is 20.2. The molecule has 3 aromatic carbocycles. The summed E-state index contributed by atoms with van der Waals surface area (Å²) >= 11 is 0. The Bertz CT molecular complexity index is 1490. The van der Waals surface area contributed by atoms with E-state index in [4.69, 9.17) is 9.97 Å². The highest BCUT2D eigenvalue weighted by molar-refractivity contribution is 7.89. The van der Waals surface area contributed by atoms with Crippen LogP contribution >= 0.6 is 0 Å². The van der Waals surface area contributed by atoms with Gasteiger partial charge in [0.1, 0.15) is 17.5 Å². The molecule has 0 radical (unpaired) electrons. The minimum atomic E-state index is -3.67. The summed E-state index contributed by atoms with van der Waals surface area (Å²) < 4.78 is 40.7. The van der Waals surface area contributed by atoms with E-state index in [1.807, 2.05) is 49.4 Å². The average molecular weight is 506 g/mol. The number of benzene rings is 3. The van der Waals surface area contributed by atoms with E-state index in [1.165, 1.54) is 28.6 Å². The van der Waals surface area contributed by atoms with Gasteiger partial charge in [0, 0.05) is 37.3 Å². The van der Waals surface area contributed by atoms with Crippen LogP contribution in [0.15, 0.2) is 77.7 Å². The normalized spacial score (nSPS) is 16.2. The summed E-state index contributed by atoms with van der Waals surface area (Å²) in [6.07, 6.45) is 0. The number of nitrogens with one attached hydrogen (secondary N) is 1. The number of hydrogen-bond acceptors (Lipinski definition) is 6. The molecule has 0 unspecified atom stereocenters. The van der Waals surface area contributed by atoms with E-state index in [2.05, 4.69) is 23.2 Å². The maximum Gasteiger partial charge on any atom is 0.243 e. The smallest absolute Gasteiger partial charge is 0.243 e. The summed E-state index contributed by atoms with van der Waals surface area (Å²) in [4.78, 5) is 12.0. The third-order valence-electron chi connectivity index (χ3n) is 6.66. The number of aryl methyl sites for hydroxylation is 1. The van der Waals surface area contributed by atoms with Crippen LogP contribution in [0.2, 0.25) is 0 Å². The zero-order chi connectivity index (χ0) is 25.3. The lowest BCUT2D eigenvalue weighted by atomic mass is 10.1. The molecule has 1 atom stereocenters. The minimum absolute atomic E-state index is 0.107. The quantitative estimate of drug-likeness (QED) is 0.402. The van der Waals surface area contributed by atoms with Gasteiger partial charge in [0.15, 0.2) is 0 Å². The molecular formula is C27H28FN5O2S. The number of halogens is 1. The van der Waals surface area contributed by atoms with E-state index in [-0.39, 0.29) is 10.9 Å². The molecule has 9 heteroatoms. The fourth-order valence-electron chi connectivity index (χ4n) is 4.47. The van der Waals surface area contributed by atoms with Crippen LogP contribution in [0, 0.1) is 12.7 Å². The van der Waals surface area contributed by atoms with Crippen LogP contribution in [0.5, 0.6) is 0 Å². The molecule has 4 aromatic rings. The molecule has 2 heterocycles. The Kier molecular flexibility index (Phi) is 6.70. The molecule has 5 rings (SSSR count). The molecule has 7 nitrogen and oxygen atoms in total. The third kappa shape index (κ3) is 4.82. The number of piperazine rings is 1. The zero-order valence-corrected chi connectivity index (χ0v) is 21.0. The third-order valence-corrected chi connectivity index (χ3v) is 8.58. The highest BCUT2D eigenvalue weighted by Crippen LogP contribution is 2.29. The monoisotopic (exact) mass is 505 g/mol. The molecule has 186 valence electrons. The van der Waals surface area contributed by atoms with Gasteiger partial charge in [-0.1, -0.05) is 30.3 Å². The molecule has 1 N–H and O–H groups in total. The van der Waals surface area contributed by atoms with Crippen molar-refractivity contribution >= 4 is 32.4 Å². The fourth-order valence-corrected chi connectivity index (χ4v) is 5.89. The van der Waals surface area contributed by atoms with Crippen molar-refractivity contribution in [2.45, 2.75) is 24.8 Å². The predicted octanol–water partition coefficient (Wildman–Crippen LogP) is 4.89. The standard InChI is InChI=1S/C27H28FN5O2S/c1-19-7-3-5-9-24(19)29-27-23-8-4-6-10-25(23)30-26(31-27)20(2)32-15-17-33(18-16-32)36(34,35)22-13-11-21(28)12-14-22/h3-14,20H,15-18H2,1-2H3,(H,29,30,31)/t20-/m1/s1. The van der Waals surface area contributed by atoms with Gasteiger partial charge in [-0.2, -0.15) is 4.31 Å². The topological polar surface area (TPSA) is 78.4 Å². The van der Waals surface area contributed by atoms with Crippen LogP contribution in [0.3, 0.4) is 0 Å². The van der Waals surface area contributed by atoms with Gasteiger partial charge in [0.05, 0.1) is 16.5 Å². The molecule has 1 aliphatic rings. The Morgan fingerprint density at radius 1 is 0.889 bits per heavy atom. The molecule has 0 aliphatic carbocycles. The molecule has 0 saturated carbocycles. The van der Waals surface area contributed by atoms with E-state index in [0.717, 1.165) is 28.0 Å². The minimum Gasteiger partial charge on any atom is -0.339 e. The van der Waals surface area contributed by atoms with Crippen molar-refractivity contribution in [2.24, 2.45) is 0 Å². The number of hydrogen-bond donors (Lipinski definition) is 1. The van der Waals surface area contributed by atoms with Gasteiger partial charge in [-0.05, 0) is 61.9 Å². The van der Waals surface area contributed by atoms with Crippen molar-refractivity contribution in [1.82, 2.24) is 19.2 Å². The summed E-state index contributed by atoms with van der Waals surface area (Å²) in [5, 5.41) is 4.42. The Labute approximate surface area is 210 Å². The van der Waals surface area contributed by atoms with E-state index < -0.39 is 15.8 Å². The second kappa shape index (κ2) is 9.93. The van der Waals surface area contributed by atoms with Gasteiger partial charge >= 0.3 is 0 Å². The Morgan fingerprint density at radius 2 is 1.56 bits per heavy atom. The van der Waals surface area contributed by atoms with Crippen LogP contribution in [0.4, 0.5) is 15.9 Å². The van der Waals surface area contributed by atoms with Crippen molar-refractivity contribution in [3.63, 3.8) is 0 Å². The summed E-state index contributed by atoms with van der Waals surface area (Å²) in [5.74, 6) is 0.966. The summed E-state index contributed by atoms with van der Waals surface area (Å²) in [5.41, 5.74) is 2.95. The van der Waals surface area contributed by atoms with Crippen molar-refractivity contribution in [3.8, 4) is 0 Å². The lowest BCUT2D eigenvalue weighted by Gasteiger charge is -2.36. The number of sulfonamides is 1. The Hall–Kier alpha value is -3.40. The summed E-state index contributed by atoms with van der Waals surface area (Å²) in [6.45, 7) is 5.86. The highest BCUT2D eigenvalue weighted by Gasteiger charge is 2.31. The Balaban J connectivity index is 1.37. The SMILES string of the molecule is Cc1ccccc1Nc1nc([C@@H](C)N2CCN(S(=O)(=O)c3ccc(F)cc3)CC2)nc2ccccc12. The van der Waals surface area contributed by atoms with Crippen molar-refractivity contribution in [3.05, 3.63) is 90.0 Å². The molecule has 0 bridgehead atoms. The molecular weight excluding hydrogens is 477 g/mol. The van der Waals surface area contributed by atoms with E-state index in [0.29, 0.717) is 32.0 Å². The predicted molar refractivity (Wildman–Crippen MR) is 139 cm³/mol. The first-order chi connectivity index (χ1) is 17.3. The van der Waals surface area contributed by atoms with Crippen LogP contribution in [0.25, 0.3) is 10.9 Å². The average Bonchev–Trinajstić information content (AvgIpc) is 2.90. The lowest BCUT2D eigenvalue weighted by Crippen LogP contribution is -2.49. The molecule has 1 aromatic heterocycles. The molecule has 1 saturated heterocycles. The molecule has 36 heavy (non-hydrogen) atoms. The van der Waals surface area contributed by atoms with Gasteiger partial charge in [0.25, 0.3) is 0 Å². The largest absolute Gasteiger partial charge is 0.339 e. The van der Waals surface area contributed by atoms with Crippen LogP contribution in [-0.4, -0.2) is 53.8 Å². The number of aromatic nitrogens is 2. The molecule has 0 amide bonds. The second-order valence-electron chi connectivity index (χ2n) is 8.96. The first kappa shape index (κ1) is 24.3. The van der Waals surface area contributed by atoms with Crippen LogP contribution < -0.4 is 5.32 Å². The lowest BCUT2D eigenvalue weighted by molar-refractivity contribution is 0.141. The Morgan fingerprint density at radius 3 is 2.28 bits per heavy atom. The van der Waals surface area contributed by atoms with Gasteiger partial charge in [-0.3, -0.25) is 4.90 Å². The van der Waals surface area contributed by atoms with E-state index >= 15 is 0 Å². The number of rotatable bonds is 6. The first-order valence-corrected chi connectivity index (χ1v) is 13.4. The maximum atomic E-state index is 13.3. The van der Waals surface area contributed by atoms with Crippen molar-refractivity contribution in [1.29, 1.82) is 0 Å². The van der Waals surface area contributed by atoms with Crippen LogP contribution in [-0.2, 0) is 10.0 Å². The number of anilines is 2. The van der Waals surface area contributed by atoms with E-state index in [9.17, 15) is 12.8 Å². The number of nitrogens with zero attached hydrogens (tertiary/aromatic N) is 4. The number of fused-ring (bicyclic) bond motifs is 1. The van der Waals surface area contributed by atoms with Gasteiger partial charge in [0.2, 0.25) is 10.0 Å². The molecule has 0 spiro atoms. The van der Waals surface area contributed by atoms with Gasteiger partial charge in [-0.15, -0.1) is 0 Å². The van der Waals surface area contributed by atoms with Crippen LogP contribution in [0.1, 0.15) is 24.4 Å². The second-order valence-corrected chi connectivity index (χ2v) is 10.9. The number of para-hydroxylation sites is 2. The van der Waals surface area contributed by atoms with Gasteiger partial charge in [-0.25, -0.2) is 22.8 Å². The van der Waals surface area contributed by atoms with E-state index in [1.54, 1.807) is 0 Å². The highest BCUT2D eigenvalue weighted by atomic mass is 32.2. The summed E-state index contributed by atoms with van der Waals surface area (Å²) in [7, 11) is -3.67.